The number of rotatable bonds is 12. The van der Waals surface area contributed by atoms with E-state index in [-0.39, 0.29) is 6.61 Å². The minimum atomic E-state index is -0.424. The molecule has 244 valence electrons. The number of thioether (sulfide) groups is 1. The third kappa shape index (κ3) is 6.37. The molecule has 0 aliphatic carbocycles. The van der Waals surface area contributed by atoms with Crippen molar-refractivity contribution < 1.29 is 19.7 Å². The third-order valence-corrected chi connectivity index (χ3v) is 10.0. The number of esters is 1. The molecule has 0 amide bonds. The number of hydrogen-bond acceptors (Lipinski definition) is 7. The molecular formula is C36H38ClN5O4S. The second-order valence-electron chi connectivity index (χ2n) is 11.7. The molecule has 9 nitrogen and oxygen atoms in total. The first-order valence-corrected chi connectivity index (χ1v) is 17.0. The molecule has 0 atom stereocenters. The number of hydrogen-bond donors (Lipinski definition) is 2. The minimum absolute atomic E-state index is 0.0104. The van der Waals surface area contributed by atoms with E-state index < -0.39 is 5.97 Å². The van der Waals surface area contributed by atoms with Crippen molar-refractivity contribution >= 4 is 51.0 Å². The largest absolute Gasteiger partial charge is 0.507 e. The summed E-state index contributed by atoms with van der Waals surface area (Å²) < 4.78 is 11.1. The van der Waals surface area contributed by atoms with Crippen molar-refractivity contribution in [3.8, 4) is 17.0 Å². The van der Waals surface area contributed by atoms with E-state index in [2.05, 4.69) is 24.3 Å². The van der Waals surface area contributed by atoms with Crippen molar-refractivity contribution in [3.63, 3.8) is 0 Å². The molecule has 2 N–H and O–H groups in total. The number of benzene rings is 3. The van der Waals surface area contributed by atoms with E-state index in [0.29, 0.717) is 42.5 Å². The Morgan fingerprint density at radius 1 is 1.02 bits per heavy atom. The third-order valence-electron chi connectivity index (χ3n) is 8.67. The number of carbonyl (C=O) groups is 1. The number of fused-ring (bicyclic) bond motifs is 2. The number of aliphatic hydroxyl groups excluding tert-OH is 1. The van der Waals surface area contributed by atoms with E-state index in [1.807, 2.05) is 76.4 Å². The highest BCUT2D eigenvalue weighted by Gasteiger charge is 2.27. The van der Waals surface area contributed by atoms with Gasteiger partial charge in [0.15, 0.2) is 0 Å². The number of phenols is 1. The molecule has 0 bridgehead atoms. The van der Waals surface area contributed by atoms with Gasteiger partial charge in [0.1, 0.15) is 11.4 Å². The summed E-state index contributed by atoms with van der Waals surface area (Å²) in [7, 11) is 1.38. The van der Waals surface area contributed by atoms with Crippen LogP contribution in [0.15, 0.2) is 65.8 Å². The van der Waals surface area contributed by atoms with Gasteiger partial charge in [0.05, 0.1) is 29.7 Å². The van der Waals surface area contributed by atoms with Crippen LogP contribution in [-0.4, -0.2) is 54.0 Å². The number of methoxy groups -OCH3 is 1. The molecule has 47 heavy (non-hydrogen) atoms. The van der Waals surface area contributed by atoms with Crippen molar-refractivity contribution in [3.05, 3.63) is 94.0 Å². The van der Waals surface area contributed by atoms with Crippen LogP contribution in [0.5, 0.6) is 5.75 Å². The van der Waals surface area contributed by atoms with Crippen LogP contribution < -0.4 is 0 Å². The molecule has 3 heterocycles. The highest BCUT2D eigenvalue weighted by atomic mass is 35.5. The fourth-order valence-electron chi connectivity index (χ4n) is 6.31. The van der Waals surface area contributed by atoms with Crippen LogP contribution in [-0.2, 0) is 30.1 Å². The van der Waals surface area contributed by atoms with Crippen LogP contribution in [0.4, 0.5) is 0 Å². The van der Waals surface area contributed by atoms with Gasteiger partial charge in [-0.25, -0.2) is 4.79 Å². The molecular weight excluding hydrogens is 634 g/mol. The maximum Gasteiger partial charge on any atom is 0.354 e. The predicted octanol–water partition coefficient (Wildman–Crippen LogP) is 7.69. The number of carbonyl (C=O) groups excluding carboxylic acids is 1. The van der Waals surface area contributed by atoms with Crippen molar-refractivity contribution in [1.29, 1.82) is 0 Å². The molecule has 0 aliphatic rings. The smallest absolute Gasteiger partial charge is 0.354 e. The average molecular weight is 672 g/mol. The molecule has 6 aromatic rings. The van der Waals surface area contributed by atoms with Crippen molar-refractivity contribution in [1.82, 2.24) is 24.1 Å². The number of phenolic OH excluding ortho intramolecular Hbond substituents is 1. The lowest BCUT2D eigenvalue weighted by molar-refractivity contribution is 0.0587. The maximum absolute atomic E-state index is 12.9. The van der Waals surface area contributed by atoms with Gasteiger partial charge in [0.25, 0.3) is 0 Å². The van der Waals surface area contributed by atoms with Gasteiger partial charge >= 0.3 is 5.97 Å². The molecule has 3 aromatic heterocycles. The van der Waals surface area contributed by atoms with Crippen LogP contribution in [0.3, 0.4) is 0 Å². The Morgan fingerprint density at radius 2 is 1.83 bits per heavy atom. The van der Waals surface area contributed by atoms with Crippen molar-refractivity contribution in [2.45, 2.75) is 63.9 Å². The Bertz CT molecular complexity index is 2100. The van der Waals surface area contributed by atoms with Gasteiger partial charge in [-0.3, -0.25) is 9.36 Å². The lowest BCUT2D eigenvalue weighted by Gasteiger charge is -2.13. The molecule has 6 rings (SSSR count). The van der Waals surface area contributed by atoms with Gasteiger partial charge in [-0.2, -0.15) is 10.2 Å². The number of halogens is 1. The fraction of sp³-hybridized carbons (Fsp3) is 0.306. The Labute approximate surface area is 282 Å². The number of ether oxygens (including phenoxy) is 1. The summed E-state index contributed by atoms with van der Waals surface area (Å²) in [4.78, 5) is 13.9. The van der Waals surface area contributed by atoms with E-state index >= 15 is 0 Å². The lowest BCUT2D eigenvalue weighted by atomic mass is 9.99. The molecule has 0 spiro atoms. The van der Waals surface area contributed by atoms with Crippen LogP contribution in [0, 0.1) is 20.8 Å². The first kappa shape index (κ1) is 32.7. The summed E-state index contributed by atoms with van der Waals surface area (Å²) in [6.07, 6.45) is 5.25. The molecule has 11 heteroatoms. The Hall–Kier alpha value is -4.25. The lowest BCUT2D eigenvalue weighted by Crippen LogP contribution is -2.12. The highest BCUT2D eigenvalue weighted by molar-refractivity contribution is 7.98. The molecule has 0 saturated carbocycles. The Morgan fingerprint density at radius 3 is 2.62 bits per heavy atom. The average Bonchev–Trinajstić information content (AvgIpc) is 3.72. The normalized spacial score (nSPS) is 11.6. The fourth-order valence-corrected chi connectivity index (χ4v) is 7.45. The van der Waals surface area contributed by atoms with Crippen LogP contribution in [0.25, 0.3) is 32.9 Å². The maximum atomic E-state index is 12.9. The summed E-state index contributed by atoms with van der Waals surface area (Å²) in [6, 6.07) is 15.5. The number of nitrogens with zero attached hydrogens (tertiary/aromatic N) is 5. The molecule has 0 unspecified atom stereocenters. The zero-order valence-corrected chi connectivity index (χ0v) is 28.5. The van der Waals surface area contributed by atoms with E-state index in [4.69, 9.17) is 21.4 Å². The quantitative estimate of drug-likeness (QED) is 0.101. The number of aromatic nitrogens is 5. The summed E-state index contributed by atoms with van der Waals surface area (Å²) >= 11 is 8.62. The van der Waals surface area contributed by atoms with E-state index in [1.54, 1.807) is 11.8 Å². The highest BCUT2D eigenvalue weighted by Crippen LogP contribution is 2.42. The Kier molecular flexibility index (Phi) is 9.63. The number of aryl methyl sites for hydroxylation is 5. The zero-order valence-electron chi connectivity index (χ0n) is 27.0. The SMILES string of the molecule is COC(=O)c1c(C)c2c(-c3c(C)c(C)nn3CCCn3cc(CSc4cc(O)c5ccccc5c4)cn3)c(Cl)ccc2n1CCCO. The van der Waals surface area contributed by atoms with E-state index in [9.17, 15) is 15.0 Å². The summed E-state index contributed by atoms with van der Waals surface area (Å²) in [5, 5.41) is 32.8. The van der Waals surface area contributed by atoms with Gasteiger partial charge < -0.3 is 19.5 Å². The Balaban J connectivity index is 1.22. The van der Waals surface area contributed by atoms with Gasteiger partial charge in [0.2, 0.25) is 0 Å². The molecule has 0 radical (unpaired) electrons. The summed E-state index contributed by atoms with van der Waals surface area (Å²) in [5.74, 6) is 0.612. The zero-order chi connectivity index (χ0) is 33.2. The van der Waals surface area contributed by atoms with Crippen LogP contribution in [0.1, 0.15) is 45.7 Å². The van der Waals surface area contributed by atoms with E-state index in [0.717, 1.165) is 72.4 Å². The van der Waals surface area contributed by atoms with Crippen molar-refractivity contribution in [2.75, 3.05) is 13.7 Å². The standard InChI is InChI=1S/C36H38ClN5O4S/c1-22-24(3)39-42(34(22)33-29(37)11-12-30-32(33)23(2)35(36(45)46-4)41(30)14-8-16-43)15-7-13-40-20-25(19-38-40)21-47-27-17-26-9-5-6-10-28(26)31(44)18-27/h5-6,9-12,17-20,43-44H,7-8,13-16,21H2,1-4H3. The monoisotopic (exact) mass is 671 g/mol. The molecule has 3 aromatic carbocycles. The molecule has 0 saturated heterocycles. The van der Waals surface area contributed by atoms with Gasteiger partial charge in [-0.15, -0.1) is 11.8 Å². The van der Waals surface area contributed by atoms with Crippen LogP contribution in [0.2, 0.25) is 5.02 Å². The van der Waals surface area contributed by atoms with Gasteiger partial charge in [-0.1, -0.05) is 35.9 Å². The number of aromatic hydroxyl groups is 1. The van der Waals surface area contributed by atoms with E-state index in [1.165, 1.54) is 7.11 Å². The predicted molar refractivity (Wildman–Crippen MR) is 187 cm³/mol. The second-order valence-corrected chi connectivity index (χ2v) is 13.2. The minimum Gasteiger partial charge on any atom is -0.507 e. The summed E-state index contributed by atoms with van der Waals surface area (Å²) in [5.41, 5.74) is 6.92. The molecule has 0 fully saturated rings. The van der Waals surface area contributed by atoms with Gasteiger partial charge in [0, 0.05) is 70.5 Å². The number of aliphatic hydroxyl groups is 1. The topological polar surface area (TPSA) is 107 Å². The molecule has 0 aliphatic heterocycles. The van der Waals surface area contributed by atoms with Crippen LogP contribution >= 0.6 is 23.4 Å². The van der Waals surface area contributed by atoms with Gasteiger partial charge in [-0.05, 0) is 74.4 Å². The van der Waals surface area contributed by atoms with Crippen molar-refractivity contribution in [2.24, 2.45) is 0 Å². The second kappa shape index (κ2) is 13.9. The first-order chi connectivity index (χ1) is 22.7. The summed E-state index contributed by atoms with van der Waals surface area (Å²) in [6.45, 7) is 7.80. The first-order valence-electron chi connectivity index (χ1n) is 15.6.